The molecule has 1 aromatic carbocycles. The number of benzene rings is 1. The Morgan fingerprint density at radius 2 is 2.25 bits per heavy atom. The number of aliphatic hydroxyl groups is 1. The van der Waals surface area contributed by atoms with Gasteiger partial charge in [0.2, 0.25) is 0 Å². The number of fused-ring (bicyclic) bond motifs is 1. The zero-order valence-corrected chi connectivity index (χ0v) is 10.8. The Balaban J connectivity index is 1.71. The summed E-state index contributed by atoms with van der Waals surface area (Å²) in [4.78, 5) is 2.01. The number of aliphatic hydroxyl groups excluding tert-OH is 1. The maximum atomic E-state index is 13.6. The minimum Gasteiger partial charge on any atom is -0.387 e. The SMILES string of the molecule is OC(CN1CCc2[nH]ncc2C1)c1cc(F)ccc1F. The third-order valence-electron chi connectivity index (χ3n) is 3.63. The first kappa shape index (κ1) is 13.2. The second kappa shape index (κ2) is 5.30. The van der Waals surface area contributed by atoms with Crippen LogP contribution in [0.5, 0.6) is 0 Å². The quantitative estimate of drug-likeness (QED) is 0.900. The fourth-order valence-corrected chi connectivity index (χ4v) is 2.55. The molecule has 6 heteroatoms. The molecular weight excluding hydrogens is 264 g/mol. The van der Waals surface area contributed by atoms with Crippen LogP contribution in [0.1, 0.15) is 22.9 Å². The van der Waals surface area contributed by atoms with Gasteiger partial charge < -0.3 is 5.11 Å². The number of rotatable bonds is 3. The third-order valence-corrected chi connectivity index (χ3v) is 3.63. The van der Waals surface area contributed by atoms with E-state index in [2.05, 4.69) is 10.2 Å². The van der Waals surface area contributed by atoms with E-state index in [1.807, 2.05) is 4.90 Å². The molecule has 0 aliphatic carbocycles. The smallest absolute Gasteiger partial charge is 0.129 e. The van der Waals surface area contributed by atoms with Crippen molar-refractivity contribution in [3.8, 4) is 0 Å². The highest BCUT2D eigenvalue weighted by molar-refractivity contribution is 5.22. The van der Waals surface area contributed by atoms with E-state index < -0.39 is 17.7 Å². The van der Waals surface area contributed by atoms with Crippen LogP contribution in [0.2, 0.25) is 0 Å². The number of aromatic amines is 1. The number of nitrogens with zero attached hydrogens (tertiary/aromatic N) is 2. The molecule has 0 amide bonds. The first-order valence-corrected chi connectivity index (χ1v) is 6.50. The summed E-state index contributed by atoms with van der Waals surface area (Å²) in [5.74, 6) is -1.13. The van der Waals surface area contributed by atoms with Crippen molar-refractivity contribution in [1.82, 2.24) is 15.1 Å². The fourth-order valence-electron chi connectivity index (χ4n) is 2.55. The molecule has 0 saturated heterocycles. The van der Waals surface area contributed by atoms with Gasteiger partial charge in [-0.25, -0.2) is 8.78 Å². The maximum absolute atomic E-state index is 13.6. The number of halogens is 2. The highest BCUT2D eigenvalue weighted by Crippen LogP contribution is 2.22. The monoisotopic (exact) mass is 279 g/mol. The first-order chi connectivity index (χ1) is 9.63. The van der Waals surface area contributed by atoms with Crippen molar-refractivity contribution in [1.29, 1.82) is 0 Å². The fraction of sp³-hybridized carbons (Fsp3) is 0.357. The van der Waals surface area contributed by atoms with Gasteiger partial charge in [-0.15, -0.1) is 0 Å². The zero-order chi connectivity index (χ0) is 14.1. The summed E-state index contributed by atoms with van der Waals surface area (Å²) in [5, 5.41) is 17.0. The second-order valence-corrected chi connectivity index (χ2v) is 5.04. The van der Waals surface area contributed by atoms with Gasteiger partial charge in [-0.2, -0.15) is 5.10 Å². The molecule has 4 nitrogen and oxygen atoms in total. The number of nitrogens with one attached hydrogen (secondary N) is 1. The second-order valence-electron chi connectivity index (χ2n) is 5.04. The summed E-state index contributed by atoms with van der Waals surface area (Å²) >= 11 is 0. The molecule has 1 aromatic heterocycles. The van der Waals surface area contributed by atoms with Gasteiger partial charge in [0.1, 0.15) is 11.6 Å². The molecule has 3 rings (SSSR count). The lowest BCUT2D eigenvalue weighted by Crippen LogP contribution is -2.34. The van der Waals surface area contributed by atoms with E-state index in [0.717, 1.165) is 42.4 Å². The molecule has 2 heterocycles. The van der Waals surface area contributed by atoms with E-state index >= 15 is 0 Å². The molecule has 1 unspecified atom stereocenters. The average molecular weight is 279 g/mol. The number of aromatic nitrogens is 2. The largest absolute Gasteiger partial charge is 0.387 e. The Hall–Kier alpha value is -1.79. The van der Waals surface area contributed by atoms with E-state index in [1.165, 1.54) is 0 Å². The van der Waals surface area contributed by atoms with E-state index in [-0.39, 0.29) is 12.1 Å². The van der Waals surface area contributed by atoms with Crippen LogP contribution in [0.3, 0.4) is 0 Å². The van der Waals surface area contributed by atoms with Gasteiger partial charge in [0.05, 0.1) is 12.3 Å². The topological polar surface area (TPSA) is 52.1 Å². The summed E-state index contributed by atoms with van der Waals surface area (Å²) in [5.41, 5.74) is 2.19. The molecule has 2 N–H and O–H groups in total. The van der Waals surface area contributed by atoms with E-state index in [1.54, 1.807) is 6.20 Å². The lowest BCUT2D eigenvalue weighted by Gasteiger charge is -2.28. The van der Waals surface area contributed by atoms with Crippen LogP contribution >= 0.6 is 0 Å². The van der Waals surface area contributed by atoms with Gasteiger partial charge >= 0.3 is 0 Å². The lowest BCUT2D eigenvalue weighted by molar-refractivity contribution is 0.102. The van der Waals surface area contributed by atoms with Crippen molar-refractivity contribution in [3.63, 3.8) is 0 Å². The third kappa shape index (κ3) is 2.57. The number of H-pyrrole nitrogens is 1. The average Bonchev–Trinajstić information content (AvgIpc) is 2.89. The van der Waals surface area contributed by atoms with Crippen molar-refractivity contribution in [2.45, 2.75) is 19.1 Å². The van der Waals surface area contributed by atoms with Gasteiger partial charge in [-0.1, -0.05) is 0 Å². The molecule has 2 aromatic rings. The zero-order valence-electron chi connectivity index (χ0n) is 10.8. The molecule has 1 atom stereocenters. The van der Waals surface area contributed by atoms with Gasteiger partial charge in [-0.3, -0.25) is 10.00 Å². The molecule has 0 saturated carbocycles. The van der Waals surface area contributed by atoms with Crippen LogP contribution in [0.25, 0.3) is 0 Å². The number of β-amino-alcohol motifs (C(OH)–C–C–N with tert-alkyl or cyclic N) is 1. The maximum Gasteiger partial charge on any atom is 0.129 e. The van der Waals surface area contributed by atoms with Gasteiger partial charge in [-0.05, 0) is 18.2 Å². The molecule has 1 aliphatic rings. The van der Waals surface area contributed by atoms with Crippen molar-refractivity contribution < 1.29 is 13.9 Å². The molecule has 1 aliphatic heterocycles. The molecular formula is C14H15F2N3O. The Labute approximate surface area is 115 Å². The number of hydrogen-bond donors (Lipinski definition) is 2. The molecule has 20 heavy (non-hydrogen) atoms. The molecule has 0 bridgehead atoms. The predicted molar refractivity (Wildman–Crippen MR) is 68.9 cm³/mol. The van der Waals surface area contributed by atoms with Crippen molar-refractivity contribution in [3.05, 3.63) is 52.9 Å². The highest BCUT2D eigenvalue weighted by atomic mass is 19.1. The normalized spacial score (nSPS) is 16.9. The Kier molecular flexibility index (Phi) is 3.50. The summed E-state index contributed by atoms with van der Waals surface area (Å²) in [6, 6.07) is 3.13. The molecule has 0 radical (unpaired) electrons. The van der Waals surface area contributed by atoms with Crippen LogP contribution in [0, 0.1) is 11.6 Å². The van der Waals surface area contributed by atoms with Crippen LogP contribution in [-0.4, -0.2) is 33.3 Å². The van der Waals surface area contributed by atoms with Crippen molar-refractivity contribution in [2.75, 3.05) is 13.1 Å². The summed E-state index contributed by atoms with van der Waals surface area (Å²) < 4.78 is 26.7. The van der Waals surface area contributed by atoms with E-state index in [4.69, 9.17) is 0 Å². The van der Waals surface area contributed by atoms with Crippen LogP contribution in [0.15, 0.2) is 24.4 Å². The van der Waals surface area contributed by atoms with Crippen LogP contribution < -0.4 is 0 Å². The standard InChI is InChI=1S/C14H15F2N3O/c15-10-1-2-12(16)11(5-10)14(20)8-19-4-3-13-9(7-19)6-17-18-13/h1-2,5-6,14,20H,3-4,7-8H2,(H,17,18). The Bertz CT molecular complexity index is 614. The predicted octanol–water partition coefficient (Wildman–Crippen LogP) is 1.78. The van der Waals surface area contributed by atoms with Gasteiger partial charge in [0.25, 0.3) is 0 Å². The highest BCUT2D eigenvalue weighted by Gasteiger charge is 2.22. The first-order valence-electron chi connectivity index (χ1n) is 6.50. The summed E-state index contributed by atoms with van der Waals surface area (Å²) in [7, 11) is 0. The van der Waals surface area contributed by atoms with E-state index in [9.17, 15) is 13.9 Å². The lowest BCUT2D eigenvalue weighted by atomic mass is 10.0. The Morgan fingerprint density at radius 1 is 1.40 bits per heavy atom. The van der Waals surface area contributed by atoms with E-state index in [0.29, 0.717) is 6.54 Å². The minimum absolute atomic E-state index is 0.00277. The van der Waals surface area contributed by atoms with Crippen LogP contribution in [-0.2, 0) is 13.0 Å². The molecule has 0 spiro atoms. The minimum atomic E-state index is -1.04. The van der Waals surface area contributed by atoms with Crippen LogP contribution in [0.4, 0.5) is 8.78 Å². The van der Waals surface area contributed by atoms with Crippen molar-refractivity contribution in [2.24, 2.45) is 0 Å². The summed E-state index contributed by atoms with van der Waals surface area (Å²) in [6.07, 6.45) is 1.53. The van der Waals surface area contributed by atoms with Gasteiger partial charge in [0.15, 0.2) is 0 Å². The Morgan fingerprint density at radius 3 is 3.10 bits per heavy atom. The molecule has 0 fully saturated rings. The summed E-state index contributed by atoms with van der Waals surface area (Å²) in [6.45, 7) is 1.67. The number of hydrogen-bond acceptors (Lipinski definition) is 3. The van der Waals surface area contributed by atoms with Crippen molar-refractivity contribution >= 4 is 0 Å². The van der Waals surface area contributed by atoms with Gasteiger partial charge in [0, 0.05) is 42.9 Å². The molecule has 106 valence electrons.